The number of phenolic OH excluding ortho intramolecular Hbond substituents is 1. The van der Waals surface area contributed by atoms with Gasteiger partial charge < -0.3 is 14.9 Å². The van der Waals surface area contributed by atoms with Crippen LogP contribution < -0.4 is 4.74 Å². The van der Waals surface area contributed by atoms with Crippen molar-refractivity contribution in [2.75, 3.05) is 7.11 Å². The van der Waals surface area contributed by atoms with Crippen molar-refractivity contribution in [2.45, 2.75) is 20.3 Å². The summed E-state index contributed by atoms with van der Waals surface area (Å²) in [6.07, 6.45) is 12.4. The molecule has 0 aliphatic heterocycles. The van der Waals surface area contributed by atoms with Gasteiger partial charge in [-0.1, -0.05) is 37.0 Å². The van der Waals surface area contributed by atoms with E-state index in [0.29, 0.717) is 35.2 Å². The molecule has 0 aliphatic rings. The first kappa shape index (κ1) is 23.4. The van der Waals surface area contributed by atoms with Gasteiger partial charge in [-0.25, -0.2) is 4.79 Å². The summed E-state index contributed by atoms with van der Waals surface area (Å²) in [6, 6.07) is 4.65. The van der Waals surface area contributed by atoms with Crippen molar-refractivity contribution in [3.8, 4) is 11.5 Å². The van der Waals surface area contributed by atoms with Gasteiger partial charge in [0.1, 0.15) is 17.8 Å². The summed E-state index contributed by atoms with van der Waals surface area (Å²) in [5, 5.41) is 19.6. The molecule has 0 unspecified atom stereocenters. The molecule has 0 aromatic heterocycles. The molecular formula is C24H26O5. The molecule has 1 aromatic carbocycles. The van der Waals surface area contributed by atoms with Gasteiger partial charge in [0.25, 0.3) is 0 Å². The molecule has 152 valence electrons. The van der Waals surface area contributed by atoms with Crippen LogP contribution in [0.2, 0.25) is 0 Å². The van der Waals surface area contributed by atoms with Crippen LogP contribution in [-0.4, -0.2) is 29.6 Å². The van der Waals surface area contributed by atoms with Crippen molar-refractivity contribution in [2.24, 2.45) is 0 Å². The van der Waals surface area contributed by atoms with E-state index in [1.54, 1.807) is 25.1 Å². The lowest BCUT2D eigenvalue weighted by atomic mass is 9.86. The fourth-order valence-electron chi connectivity index (χ4n) is 2.91. The first-order chi connectivity index (χ1) is 13.9. The Bertz CT molecular complexity index is 911. The van der Waals surface area contributed by atoms with E-state index in [4.69, 9.17) is 4.74 Å². The minimum atomic E-state index is -1.10. The number of hydrogen-bond donors (Lipinski definition) is 2. The van der Waals surface area contributed by atoms with Gasteiger partial charge in [-0.2, -0.15) is 0 Å². The maximum Gasteiger partial charge on any atom is 0.336 e. The number of carbonyl (C=O) groups is 2. The van der Waals surface area contributed by atoms with Gasteiger partial charge in [-0.3, -0.25) is 4.79 Å². The Morgan fingerprint density at radius 3 is 2.48 bits per heavy atom. The van der Waals surface area contributed by atoms with Crippen molar-refractivity contribution < 1.29 is 24.5 Å². The van der Waals surface area contributed by atoms with E-state index < -0.39 is 5.97 Å². The second kappa shape index (κ2) is 12.0. The van der Waals surface area contributed by atoms with Crippen molar-refractivity contribution in [1.82, 2.24) is 0 Å². The lowest BCUT2D eigenvalue weighted by molar-refractivity contribution is -0.132. The number of ether oxygens (including phenoxy) is 1. The molecule has 0 saturated heterocycles. The van der Waals surface area contributed by atoms with Gasteiger partial charge >= 0.3 is 5.97 Å². The number of benzene rings is 1. The second-order valence-electron chi connectivity index (χ2n) is 5.88. The highest BCUT2D eigenvalue weighted by Gasteiger charge is 2.22. The zero-order valence-corrected chi connectivity index (χ0v) is 16.9. The number of phenols is 1. The van der Waals surface area contributed by atoms with Crippen molar-refractivity contribution in [3.63, 3.8) is 0 Å². The van der Waals surface area contributed by atoms with Crippen LogP contribution in [0.25, 0.3) is 5.57 Å². The molecule has 2 N–H and O–H groups in total. The zero-order chi connectivity index (χ0) is 21.8. The maximum atomic E-state index is 11.9. The Balaban J connectivity index is 4.00. The van der Waals surface area contributed by atoms with Crippen LogP contribution in [0.15, 0.2) is 84.0 Å². The summed E-state index contributed by atoms with van der Waals surface area (Å²) in [4.78, 5) is 22.7. The number of aliphatic carboxylic acids is 1. The third-order valence-electron chi connectivity index (χ3n) is 4.06. The van der Waals surface area contributed by atoms with E-state index in [2.05, 4.69) is 6.58 Å². The molecule has 29 heavy (non-hydrogen) atoms. The third kappa shape index (κ3) is 6.21. The molecule has 0 atom stereocenters. The number of hydrogen-bond acceptors (Lipinski definition) is 4. The minimum absolute atomic E-state index is 0.0282. The lowest BCUT2D eigenvalue weighted by Gasteiger charge is -2.20. The SMILES string of the molecule is C=C\C=C(C(=O)O)/C(=C\C)C(=C(/C=C\C)C/C=C\C=O)/c1ccc(O)cc1OC. The van der Waals surface area contributed by atoms with E-state index in [0.717, 1.165) is 5.57 Å². The van der Waals surface area contributed by atoms with Gasteiger partial charge in [0, 0.05) is 11.6 Å². The number of carbonyl (C=O) groups excluding carboxylic acids is 1. The van der Waals surface area contributed by atoms with Crippen molar-refractivity contribution in [3.05, 3.63) is 89.6 Å². The Morgan fingerprint density at radius 2 is 1.97 bits per heavy atom. The molecule has 0 fully saturated rings. The van der Waals surface area contributed by atoms with Crippen LogP contribution in [0, 0.1) is 0 Å². The number of methoxy groups -OCH3 is 1. The molecular weight excluding hydrogens is 368 g/mol. The van der Waals surface area contributed by atoms with Gasteiger partial charge in [0.15, 0.2) is 0 Å². The topological polar surface area (TPSA) is 83.8 Å². The second-order valence-corrected chi connectivity index (χ2v) is 5.88. The number of carboxylic acids is 1. The highest BCUT2D eigenvalue weighted by atomic mass is 16.5. The number of rotatable bonds is 10. The number of carboxylic acid groups (broad SMARTS) is 1. The van der Waals surface area contributed by atoms with E-state index >= 15 is 0 Å². The third-order valence-corrected chi connectivity index (χ3v) is 4.06. The quantitative estimate of drug-likeness (QED) is 0.331. The van der Waals surface area contributed by atoms with E-state index in [9.17, 15) is 19.8 Å². The van der Waals surface area contributed by atoms with E-state index in [-0.39, 0.29) is 11.3 Å². The zero-order valence-electron chi connectivity index (χ0n) is 16.9. The molecule has 5 nitrogen and oxygen atoms in total. The Kier molecular flexibility index (Phi) is 9.68. The van der Waals surface area contributed by atoms with Crippen molar-refractivity contribution in [1.29, 1.82) is 0 Å². The van der Waals surface area contributed by atoms with E-state index in [1.165, 1.54) is 37.5 Å². The van der Waals surface area contributed by atoms with E-state index in [1.807, 2.05) is 19.1 Å². The molecule has 0 heterocycles. The predicted octanol–water partition coefficient (Wildman–Crippen LogP) is 5.02. The smallest absolute Gasteiger partial charge is 0.336 e. The molecule has 0 aliphatic carbocycles. The largest absolute Gasteiger partial charge is 0.508 e. The molecule has 0 saturated carbocycles. The predicted molar refractivity (Wildman–Crippen MR) is 116 cm³/mol. The summed E-state index contributed by atoms with van der Waals surface area (Å²) < 4.78 is 5.45. The first-order valence-electron chi connectivity index (χ1n) is 9.01. The molecule has 1 rings (SSSR count). The van der Waals surface area contributed by atoms with Gasteiger partial charge in [-0.05, 0) is 61.3 Å². The summed E-state index contributed by atoms with van der Waals surface area (Å²) in [6.45, 7) is 7.21. The molecule has 1 aromatic rings. The Morgan fingerprint density at radius 1 is 1.24 bits per heavy atom. The average Bonchev–Trinajstić information content (AvgIpc) is 2.70. The Labute approximate surface area is 171 Å². The molecule has 0 spiro atoms. The van der Waals surface area contributed by atoms with Crippen LogP contribution >= 0.6 is 0 Å². The fourth-order valence-corrected chi connectivity index (χ4v) is 2.91. The summed E-state index contributed by atoms with van der Waals surface area (Å²) in [5.41, 5.74) is 2.54. The fraction of sp³-hybridized carbons (Fsp3) is 0.167. The molecule has 5 heteroatoms. The van der Waals surface area contributed by atoms with Gasteiger partial charge in [0.05, 0.1) is 12.7 Å². The minimum Gasteiger partial charge on any atom is -0.508 e. The standard InChI is InChI=1S/C24H26O5/c1-5-10-17(12-8-9-15-25)23(19(7-3)20(11-6-2)24(27)28)21-14-13-18(26)16-22(21)29-4/h5-11,13-16,26H,2,12H2,1,3-4H3,(H,27,28)/b9-8-,10-5-,19-7+,20-11+,23-17+. The van der Waals surface area contributed by atoms with Crippen LogP contribution in [0.3, 0.4) is 0 Å². The lowest BCUT2D eigenvalue weighted by Crippen LogP contribution is -2.08. The monoisotopic (exact) mass is 394 g/mol. The van der Waals surface area contributed by atoms with Crippen LogP contribution in [0.5, 0.6) is 11.5 Å². The van der Waals surface area contributed by atoms with Gasteiger partial charge in [-0.15, -0.1) is 0 Å². The normalized spacial score (nSPS) is 13.5. The van der Waals surface area contributed by atoms with Crippen LogP contribution in [0.1, 0.15) is 25.8 Å². The van der Waals surface area contributed by atoms with Crippen LogP contribution in [-0.2, 0) is 9.59 Å². The summed E-state index contributed by atoms with van der Waals surface area (Å²) >= 11 is 0. The highest BCUT2D eigenvalue weighted by molar-refractivity contribution is 6.02. The highest BCUT2D eigenvalue weighted by Crippen LogP contribution is 2.39. The number of aromatic hydroxyl groups is 1. The van der Waals surface area contributed by atoms with Crippen LogP contribution in [0.4, 0.5) is 0 Å². The average molecular weight is 394 g/mol. The number of allylic oxidation sites excluding steroid dienone is 9. The Hall–Kier alpha value is -3.60. The maximum absolute atomic E-state index is 11.9. The summed E-state index contributed by atoms with van der Waals surface area (Å²) in [5.74, 6) is -0.680. The molecule has 0 radical (unpaired) electrons. The first-order valence-corrected chi connectivity index (χ1v) is 9.01. The van der Waals surface area contributed by atoms with Crippen molar-refractivity contribution >= 4 is 17.8 Å². The van der Waals surface area contributed by atoms with Gasteiger partial charge in [0.2, 0.25) is 0 Å². The molecule has 0 amide bonds. The number of aldehydes is 1. The summed E-state index contributed by atoms with van der Waals surface area (Å²) in [7, 11) is 1.48. The molecule has 0 bridgehead atoms.